The van der Waals surface area contributed by atoms with Crippen molar-refractivity contribution in [3.05, 3.63) is 11.9 Å². The third kappa shape index (κ3) is 3.84. The second kappa shape index (κ2) is 3.84. The summed E-state index contributed by atoms with van der Waals surface area (Å²) in [7, 11) is 0.0992. The topological polar surface area (TPSA) is 17.1 Å². The van der Waals surface area contributed by atoms with E-state index in [9.17, 15) is 4.57 Å². The van der Waals surface area contributed by atoms with Crippen molar-refractivity contribution in [2.45, 2.75) is 6.92 Å². The number of hydrogen-bond donors (Lipinski definition) is 0. The fourth-order valence-electron chi connectivity index (χ4n) is 0.0609. The lowest BCUT2D eigenvalue weighted by molar-refractivity contribution is 0.603. The molecule has 0 aromatic carbocycles. The van der Waals surface area contributed by atoms with Crippen LogP contribution in [0.25, 0.3) is 0 Å². The molecule has 0 amide bonds. The van der Waals surface area contributed by atoms with Gasteiger partial charge in [-0.3, -0.25) is 4.57 Å². The van der Waals surface area contributed by atoms with Crippen LogP contribution in [-0.2, 0) is 4.57 Å². The largest absolute Gasteiger partial charge is 0.270 e. The molecule has 0 bridgehead atoms. The smallest absolute Gasteiger partial charge is 0.183 e. The van der Waals surface area contributed by atoms with Gasteiger partial charge in [-0.2, -0.15) is 0 Å². The third-order valence-electron chi connectivity index (χ3n) is 0.210. The lowest BCUT2D eigenvalue weighted by Gasteiger charge is -1.49. The highest BCUT2D eigenvalue weighted by Crippen LogP contribution is 1.88. The second-order valence-electron chi connectivity index (χ2n) is 0.588. The van der Waals surface area contributed by atoms with Gasteiger partial charge in [0.05, 0.1) is 0 Å². The van der Waals surface area contributed by atoms with E-state index in [0.29, 0.717) is 0 Å². The summed E-state index contributed by atoms with van der Waals surface area (Å²) in [4.78, 5) is 0. The van der Waals surface area contributed by atoms with Gasteiger partial charge in [0.1, 0.15) is 0 Å². The lowest BCUT2D eigenvalue weighted by Crippen LogP contribution is -1.22. The summed E-state index contributed by atoms with van der Waals surface area (Å²) in [5.41, 5.74) is 0. The summed E-state index contributed by atoms with van der Waals surface area (Å²) >= 11 is 0. The third-order valence-corrected chi connectivity index (χ3v) is 0.630. The van der Waals surface area contributed by atoms with Crippen LogP contribution in [0.4, 0.5) is 0 Å². The van der Waals surface area contributed by atoms with Gasteiger partial charge >= 0.3 is 0 Å². The van der Waals surface area contributed by atoms with Crippen molar-refractivity contribution in [3.63, 3.8) is 0 Å². The average Bonchev–Trinajstić information content (AvgIpc) is 1.41. The van der Waals surface area contributed by atoms with Crippen LogP contribution < -0.4 is 0 Å². The zero-order valence-corrected chi connectivity index (χ0v) is 3.90. The van der Waals surface area contributed by atoms with E-state index in [-0.39, 0.29) is 8.46 Å². The molecular weight excluding hydrogens is 83.0 g/mol. The minimum absolute atomic E-state index is 0.0992. The normalized spacial score (nSPS) is 10.6. The van der Waals surface area contributed by atoms with E-state index in [4.69, 9.17) is 0 Å². The Kier molecular flexibility index (Phi) is 3.72. The van der Waals surface area contributed by atoms with E-state index in [1.165, 1.54) is 0 Å². The van der Waals surface area contributed by atoms with Gasteiger partial charge in [0.25, 0.3) is 0 Å². The number of hydrogen-bond acceptors (Lipinski definition) is 1. The minimum Gasteiger partial charge on any atom is -0.270 e. The lowest BCUT2D eigenvalue weighted by atomic mass is 10.8. The zero-order chi connectivity index (χ0) is 4.12. The Hall–Kier alpha value is -0.160. The molecule has 0 aliphatic rings. The summed E-state index contributed by atoms with van der Waals surface area (Å²) in [5.74, 6) is 1.54. The maximum Gasteiger partial charge on any atom is 0.183 e. The Labute approximate surface area is 32.9 Å². The van der Waals surface area contributed by atoms with E-state index >= 15 is 0 Å². The summed E-state index contributed by atoms with van der Waals surface area (Å²) in [6.45, 7) is 1.82. The van der Waals surface area contributed by atoms with Gasteiger partial charge in [-0.05, 0) is 6.92 Å². The van der Waals surface area contributed by atoms with Crippen molar-refractivity contribution in [2.75, 3.05) is 0 Å². The molecule has 0 aromatic rings. The van der Waals surface area contributed by atoms with Crippen molar-refractivity contribution in [1.29, 1.82) is 0 Å². The highest BCUT2D eigenvalue weighted by Gasteiger charge is 1.50. The first-order valence-electron chi connectivity index (χ1n) is 1.35. The molecule has 0 unspecified atom stereocenters. The zero-order valence-electron chi connectivity index (χ0n) is 3.01. The maximum atomic E-state index is 9.42. The Balaban J connectivity index is 2.92. The van der Waals surface area contributed by atoms with Crippen LogP contribution in [0.3, 0.4) is 0 Å². The van der Waals surface area contributed by atoms with Crippen LogP contribution in [0.5, 0.6) is 0 Å². The molecule has 1 nitrogen and oxygen atoms in total. The predicted octanol–water partition coefficient (Wildman–Crippen LogP) is 1.81. The van der Waals surface area contributed by atoms with Gasteiger partial charge in [0, 0.05) is 5.82 Å². The average molecular weight is 88.0 g/mol. The molecule has 2 heteroatoms. The molecule has 0 aliphatic carbocycles. The summed E-state index contributed by atoms with van der Waals surface area (Å²) in [6.07, 6.45) is 1.73. The molecule has 0 heterocycles. The van der Waals surface area contributed by atoms with Crippen LogP contribution >= 0.6 is 8.46 Å². The summed E-state index contributed by atoms with van der Waals surface area (Å²) in [5, 5.41) is 0. The standard InChI is InChI=1S/C3H5OP/c1-2-3-5-4/h2-3H,1H3/b3-2+. The van der Waals surface area contributed by atoms with Gasteiger partial charge in [-0.15, -0.1) is 0 Å². The van der Waals surface area contributed by atoms with Crippen LogP contribution in [0.2, 0.25) is 0 Å². The van der Waals surface area contributed by atoms with Crippen LogP contribution in [-0.4, -0.2) is 0 Å². The van der Waals surface area contributed by atoms with Crippen molar-refractivity contribution in [2.24, 2.45) is 0 Å². The molecule has 0 fully saturated rings. The SMILES string of the molecule is C/C=C/P=O. The quantitative estimate of drug-likeness (QED) is 0.447. The Morgan fingerprint density at radius 1 is 1.80 bits per heavy atom. The highest BCUT2D eigenvalue weighted by molar-refractivity contribution is 7.27. The van der Waals surface area contributed by atoms with Crippen molar-refractivity contribution in [1.82, 2.24) is 0 Å². The fraction of sp³-hybridized carbons (Fsp3) is 0.333. The monoisotopic (exact) mass is 88.0 g/mol. The van der Waals surface area contributed by atoms with Crippen LogP contribution in [0.15, 0.2) is 11.9 Å². The minimum atomic E-state index is 0.0992. The first kappa shape index (κ1) is 4.84. The van der Waals surface area contributed by atoms with Gasteiger partial charge in [-0.1, -0.05) is 6.08 Å². The van der Waals surface area contributed by atoms with E-state index in [1.54, 1.807) is 11.9 Å². The molecular formula is C3H5OP. The van der Waals surface area contributed by atoms with Crippen LogP contribution in [0, 0.1) is 0 Å². The van der Waals surface area contributed by atoms with Gasteiger partial charge in [0.15, 0.2) is 8.46 Å². The van der Waals surface area contributed by atoms with Gasteiger partial charge < -0.3 is 0 Å². The molecule has 0 atom stereocenters. The number of rotatable bonds is 1. The molecule has 5 heavy (non-hydrogen) atoms. The van der Waals surface area contributed by atoms with E-state index in [0.717, 1.165) is 0 Å². The first-order chi connectivity index (χ1) is 2.41. The molecule has 0 aliphatic heterocycles. The first-order valence-corrected chi connectivity index (χ1v) is 2.23. The Bertz CT molecular complexity index is 48.9. The molecule has 28 valence electrons. The summed E-state index contributed by atoms with van der Waals surface area (Å²) < 4.78 is 9.42. The fourth-order valence-corrected chi connectivity index (χ4v) is 0.183. The molecule has 0 rings (SSSR count). The Morgan fingerprint density at radius 2 is 2.40 bits per heavy atom. The number of allylic oxidation sites excluding steroid dienone is 1. The van der Waals surface area contributed by atoms with E-state index in [1.807, 2.05) is 6.92 Å². The van der Waals surface area contributed by atoms with Crippen molar-refractivity contribution < 1.29 is 4.57 Å². The second-order valence-corrected chi connectivity index (χ2v) is 1.10. The van der Waals surface area contributed by atoms with Crippen molar-refractivity contribution in [3.8, 4) is 0 Å². The molecule has 0 aromatic heterocycles. The predicted molar refractivity (Wildman–Crippen MR) is 22.4 cm³/mol. The highest BCUT2D eigenvalue weighted by atomic mass is 31.1. The molecule has 0 spiro atoms. The molecule has 0 N–H and O–H groups in total. The maximum absolute atomic E-state index is 9.42. The molecule has 0 saturated carbocycles. The van der Waals surface area contributed by atoms with E-state index in [2.05, 4.69) is 0 Å². The van der Waals surface area contributed by atoms with E-state index < -0.39 is 0 Å². The van der Waals surface area contributed by atoms with Crippen molar-refractivity contribution >= 4 is 8.46 Å². The molecule has 0 radical (unpaired) electrons. The molecule has 0 saturated heterocycles. The summed E-state index contributed by atoms with van der Waals surface area (Å²) in [6, 6.07) is 0. The van der Waals surface area contributed by atoms with Gasteiger partial charge in [-0.25, -0.2) is 0 Å². The Morgan fingerprint density at radius 3 is 2.40 bits per heavy atom. The van der Waals surface area contributed by atoms with Crippen LogP contribution in [0.1, 0.15) is 6.92 Å². The van der Waals surface area contributed by atoms with Gasteiger partial charge in [0.2, 0.25) is 0 Å².